The molecule has 5 rings (SSSR count). The second-order valence-corrected chi connectivity index (χ2v) is 11.0. The lowest BCUT2D eigenvalue weighted by Gasteiger charge is -2.59. The second kappa shape index (κ2) is 6.86. The fourth-order valence-corrected chi connectivity index (χ4v) is 7.93. The number of hydrogen-bond donors (Lipinski definition) is 2. The lowest BCUT2D eigenvalue weighted by Crippen LogP contribution is -2.58. The van der Waals surface area contributed by atoms with Crippen LogP contribution in [0.4, 0.5) is 0 Å². The van der Waals surface area contributed by atoms with Crippen molar-refractivity contribution in [1.82, 2.24) is 10.6 Å². The molecule has 0 radical (unpaired) electrons. The van der Waals surface area contributed by atoms with Crippen LogP contribution in [-0.4, -0.2) is 29.2 Å². The van der Waals surface area contributed by atoms with Crippen molar-refractivity contribution in [3.8, 4) is 0 Å². The highest BCUT2D eigenvalue weighted by molar-refractivity contribution is 9.10. The highest BCUT2D eigenvalue weighted by Gasteiger charge is 2.59. The van der Waals surface area contributed by atoms with Crippen molar-refractivity contribution in [1.29, 1.82) is 0 Å². The van der Waals surface area contributed by atoms with Crippen molar-refractivity contribution in [2.75, 3.05) is 13.1 Å². The number of carbonyl (C=O) groups excluding carboxylic acids is 2. The molecule has 5 aliphatic rings. The van der Waals surface area contributed by atoms with Gasteiger partial charge in [0, 0.05) is 23.3 Å². The summed E-state index contributed by atoms with van der Waals surface area (Å²) in [4.78, 5) is 25.1. The molecule has 0 aromatic rings. The Labute approximate surface area is 159 Å². The molecule has 0 aromatic heterocycles. The summed E-state index contributed by atoms with van der Waals surface area (Å²) in [5.74, 6) is 2.05. The Morgan fingerprint density at radius 1 is 0.920 bits per heavy atom. The molecule has 25 heavy (non-hydrogen) atoms. The van der Waals surface area contributed by atoms with Crippen LogP contribution in [0.2, 0.25) is 0 Å². The summed E-state index contributed by atoms with van der Waals surface area (Å²) >= 11 is 3.97. The van der Waals surface area contributed by atoms with Crippen LogP contribution in [-0.2, 0) is 9.59 Å². The Balaban J connectivity index is 1.25. The van der Waals surface area contributed by atoms with Gasteiger partial charge in [-0.1, -0.05) is 35.2 Å². The molecule has 2 N–H and O–H groups in total. The Bertz CT molecular complexity index is 530. The first-order valence-electron chi connectivity index (χ1n) is 10.2. The van der Waals surface area contributed by atoms with Gasteiger partial charge in [0.1, 0.15) is 0 Å². The van der Waals surface area contributed by atoms with E-state index in [1.807, 2.05) is 0 Å². The van der Waals surface area contributed by atoms with Gasteiger partial charge in [-0.3, -0.25) is 9.59 Å². The smallest absolute Gasteiger partial charge is 0.226 e. The van der Waals surface area contributed by atoms with Gasteiger partial charge in [0.05, 0.1) is 5.41 Å². The Hall–Kier alpha value is -0.580. The molecule has 5 heteroatoms. The third kappa shape index (κ3) is 3.63. The minimum absolute atomic E-state index is 0.152. The maximum absolute atomic E-state index is 12.9. The van der Waals surface area contributed by atoms with Gasteiger partial charge in [0.15, 0.2) is 0 Å². The van der Waals surface area contributed by atoms with Gasteiger partial charge in [0.25, 0.3) is 0 Å². The number of halogens is 1. The van der Waals surface area contributed by atoms with Gasteiger partial charge < -0.3 is 10.6 Å². The van der Waals surface area contributed by atoms with Crippen LogP contribution < -0.4 is 10.6 Å². The molecule has 2 atom stereocenters. The molecule has 5 fully saturated rings. The molecule has 5 saturated carbocycles. The van der Waals surface area contributed by atoms with E-state index >= 15 is 0 Å². The number of rotatable bonds is 5. The van der Waals surface area contributed by atoms with Crippen molar-refractivity contribution in [2.45, 2.75) is 75.0 Å². The first kappa shape index (κ1) is 17.8. The van der Waals surface area contributed by atoms with Crippen LogP contribution in [0.5, 0.6) is 0 Å². The van der Waals surface area contributed by atoms with Gasteiger partial charge >= 0.3 is 0 Å². The van der Waals surface area contributed by atoms with E-state index in [0.717, 1.165) is 43.9 Å². The first-order valence-corrected chi connectivity index (χ1v) is 11.0. The summed E-state index contributed by atoms with van der Waals surface area (Å²) in [6.07, 6.45) is 12.6. The van der Waals surface area contributed by atoms with Crippen molar-refractivity contribution in [3.63, 3.8) is 0 Å². The average Bonchev–Trinajstić information content (AvgIpc) is 2.57. The predicted octanol–water partition coefficient (Wildman–Crippen LogP) is 3.53. The number of nitrogens with one attached hydrogen (secondary N) is 2. The van der Waals surface area contributed by atoms with E-state index in [4.69, 9.17) is 0 Å². The molecule has 2 unspecified atom stereocenters. The van der Waals surface area contributed by atoms with Crippen LogP contribution in [0.15, 0.2) is 0 Å². The molecular weight excluding hydrogens is 380 g/mol. The number of amides is 2. The lowest BCUT2D eigenvalue weighted by molar-refractivity contribution is -0.144. The second-order valence-electron chi connectivity index (χ2n) is 9.27. The summed E-state index contributed by atoms with van der Waals surface area (Å²) < 4.78 is 0.212. The topological polar surface area (TPSA) is 58.2 Å². The highest BCUT2D eigenvalue weighted by atomic mass is 79.9. The lowest BCUT2D eigenvalue weighted by atomic mass is 9.49. The summed E-state index contributed by atoms with van der Waals surface area (Å²) in [7, 11) is 0. The van der Waals surface area contributed by atoms with Crippen LogP contribution in [0, 0.1) is 23.2 Å². The van der Waals surface area contributed by atoms with E-state index in [1.54, 1.807) is 0 Å². The van der Waals surface area contributed by atoms with E-state index in [0.29, 0.717) is 13.1 Å². The molecule has 4 bridgehead atoms. The largest absolute Gasteiger partial charge is 0.354 e. The molecule has 0 aromatic carbocycles. The molecule has 4 nitrogen and oxygen atoms in total. The van der Waals surface area contributed by atoms with E-state index in [-0.39, 0.29) is 27.5 Å². The first-order chi connectivity index (χ1) is 12.0. The van der Waals surface area contributed by atoms with Crippen molar-refractivity contribution in [3.05, 3.63) is 0 Å². The minimum atomic E-state index is -0.152. The Morgan fingerprint density at radius 2 is 1.56 bits per heavy atom. The molecule has 5 aliphatic carbocycles. The molecule has 0 saturated heterocycles. The van der Waals surface area contributed by atoms with Crippen molar-refractivity contribution < 1.29 is 9.59 Å². The SMILES string of the molecule is O=C(NCCNC(=O)C12CC3CC(CC(Br)(C3)C1)C2)C1CCCCC1. The maximum Gasteiger partial charge on any atom is 0.226 e. The zero-order chi connectivity index (χ0) is 17.5. The Kier molecular flexibility index (Phi) is 4.89. The fraction of sp³-hybridized carbons (Fsp3) is 0.900. The summed E-state index contributed by atoms with van der Waals surface area (Å²) in [5, 5.41) is 6.17. The molecule has 140 valence electrons. The van der Waals surface area contributed by atoms with Crippen LogP contribution >= 0.6 is 15.9 Å². The van der Waals surface area contributed by atoms with E-state index < -0.39 is 0 Å². The van der Waals surface area contributed by atoms with Gasteiger partial charge in [-0.15, -0.1) is 0 Å². The summed E-state index contributed by atoms with van der Waals surface area (Å²) in [6.45, 7) is 1.12. The number of hydrogen-bond acceptors (Lipinski definition) is 2. The number of alkyl halides is 1. The standard InChI is InChI=1S/C20H31BrN2O2/c21-20-11-14-8-15(12-20)10-19(9-14,13-20)18(25)23-7-6-22-17(24)16-4-2-1-3-5-16/h14-16H,1-13H2,(H,22,24)(H,23,25). The molecular formula is C20H31BrN2O2. The van der Waals surface area contributed by atoms with E-state index in [2.05, 4.69) is 26.6 Å². The zero-order valence-corrected chi connectivity index (χ0v) is 16.7. The molecule has 0 aliphatic heterocycles. The number of carbonyl (C=O) groups is 2. The quantitative estimate of drug-likeness (QED) is 0.537. The molecule has 2 amide bonds. The van der Waals surface area contributed by atoms with Crippen LogP contribution in [0.3, 0.4) is 0 Å². The van der Waals surface area contributed by atoms with Crippen molar-refractivity contribution >= 4 is 27.7 Å². The monoisotopic (exact) mass is 410 g/mol. The molecule has 0 spiro atoms. The van der Waals surface area contributed by atoms with Crippen molar-refractivity contribution in [2.24, 2.45) is 23.2 Å². The van der Waals surface area contributed by atoms with Gasteiger partial charge in [-0.05, 0) is 63.2 Å². The summed E-state index contributed by atoms with van der Waals surface area (Å²) in [6, 6.07) is 0. The fourth-order valence-electron chi connectivity index (χ4n) is 6.47. The predicted molar refractivity (Wildman–Crippen MR) is 101 cm³/mol. The van der Waals surface area contributed by atoms with Crippen LogP contribution in [0.1, 0.15) is 70.6 Å². The van der Waals surface area contributed by atoms with Crippen LogP contribution in [0.25, 0.3) is 0 Å². The average molecular weight is 411 g/mol. The van der Waals surface area contributed by atoms with E-state index in [9.17, 15) is 9.59 Å². The molecule has 0 heterocycles. The summed E-state index contributed by atoms with van der Waals surface area (Å²) in [5.41, 5.74) is -0.152. The third-order valence-electron chi connectivity index (χ3n) is 7.16. The highest BCUT2D eigenvalue weighted by Crippen LogP contribution is 2.64. The normalized spacial score (nSPS) is 40.0. The maximum atomic E-state index is 12.9. The van der Waals surface area contributed by atoms with Gasteiger partial charge in [0.2, 0.25) is 11.8 Å². The Morgan fingerprint density at radius 3 is 2.20 bits per heavy atom. The van der Waals surface area contributed by atoms with Gasteiger partial charge in [-0.2, -0.15) is 0 Å². The minimum Gasteiger partial charge on any atom is -0.354 e. The third-order valence-corrected chi connectivity index (χ3v) is 8.08. The zero-order valence-electron chi connectivity index (χ0n) is 15.1. The van der Waals surface area contributed by atoms with E-state index in [1.165, 1.54) is 38.5 Å². The van der Waals surface area contributed by atoms with Gasteiger partial charge in [-0.25, -0.2) is 0 Å².